The van der Waals surface area contributed by atoms with Crippen molar-refractivity contribution in [3.05, 3.63) is 34.3 Å². The van der Waals surface area contributed by atoms with Crippen LogP contribution in [0.15, 0.2) is 28.7 Å². The standard InChI is InChI=1S/C11H13BrN2O4S/c1-2-19(17,18)7-10(15)13-14-11(16)8-3-5-9(12)6-4-8/h3-6H,2,7H2,1H3,(H,13,15)(H,14,16). The van der Waals surface area contributed by atoms with E-state index < -0.39 is 27.4 Å². The van der Waals surface area contributed by atoms with E-state index in [0.717, 1.165) is 4.47 Å². The van der Waals surface area contributed by atoms with Gasteiger partial charge in [-0.15, -0.1) is 0 Å². The van der Waals surface area contributed by atoms with Gasteiger partial charge in [0.25, 0.3) is 11.8 Å². The molecule has 0 saturated carbocycles. The van der Waals surface area contributed by atoms with Crippen LogP contribution in [0.3, 0.4) is 0 Å². The van der Waals surface area contributed by atoms with Crippen molar-refractivity contribution in [3.8, 4) is 0 Å². The molecule has 2 amide bonds. The maximum absolute atomic E-state index is 11.6. The molecule has 0 spiro atoms. The van der Waals surface area contributed by atoms with Crippen molar-refractivity contribution in [2.75, 3.05) is 11.5 Å². The van der Waals surface area contributed by atoms with Crippen LogP contribution in [0, 0.1) is 0 Å². The fourth-order valence-electron chi connectivity index (χ4n) is 1.14. The fourth-order valence-corrected chi connectivity index (χ4v) is 2.08. The number of nitrogens with one attached hydrogen (secondary N) is 2. The Bertz CT molecular complexity index is 569. The van der Waals surface area contributed by atoms with Crippen LogP contribution in [0.2, 0.25) is 0 Å². The Morgan fingerprint density at radius 3 is 2.26 bits per heavy atom. The van der Waals surface area contributed by atoms with Gasteiger partial charge in [-0.25, -0.2) is 8.42 Å². The molecule has 0 saturated heterocycles. The highest BCUT2D eigenvalue weighted by atomic mass is 79.9. The highest BCUT2D eigenvalue weighted by molar-refractivity contribution is 9.10. The van der Waals surface area contributed by atoms with Gasteiger partial charge in [0.2, 0.25) is 0 Å². The first-order valence-corrected chi connectivity index (χ1v) is 8.00. The maximum Gasteiger partial charge on any atom is 0.269 e. The third-order valence-corrected chi connectivity index (χ3v) is 4.32. The van der Waals surface area contributed by atoms with Crippen molar-refractivity contribution < 1.29 is 18.0 Å². The second kappa shape index (κ2) is 6.67. The Morgan fingerprint density at radius 1 is 1.16 bits per heavy atom. The van der Waals surface area contributed by atoms with Gasteiger partial charge in [-0.3, -0.25) is 20.4 Å². The number of carbonyl (C=O) groups excluding carboxylic acids is 2. The van der Waals surface area contributed by atoms with Crippen LogP contribution in [-0.4, -0.2) is 31.7 Å². The molecule has 0 aliphatic carbocycles. The van der Waals surface area contributed by atoms with E-state index in [-0.39, 0.29) is 5.75 Å². The van der Waals surface area contributed by atoms with E-state index in [1.165, 1.54) is 6.92 Å². The molecule has 0 aliphatic rings. The molecular weight excluding hydrogens is 336 g/mol. The summed E-state index contributed by atoms with van der Waals surface area (Å²) in [5, 5.41) is 0. The molecule has 19 heavy (non-hydrogen) atoms. The highest BCUT2D eigenvalue weighted by Gasteiger charge is 2.15. The van der Waals surface area contributed by atoms with Crippen molar-refractivity contribution >= 4 is 37.6 Å². The lowest BCUT2D eigenvalue weighted by Gasteiger charge is -2.07. The summed E-state index contributed by atoms with van der Waals surface area (Å²) >= 11 is 3.23. The van der Waals surface area contributed by atoms with E-state index >= 15 is 0 Å². The molecule has 8 heteroatoms. The molecule has 0 atom stereocenters. The summed E-state index contributed by atoms with van der Waals surface area (Å²) in [5.41, 5.74) is 4.55. The van der Waals surface area contributed by atoms with Crippen molar-refractivity contribution in [1.29, 1.82) is 0 Å². The fraction of sp³-hybridized carbons (Fsp3) is 0.273. The average molecular weight is 349 g/mol. The van der Waals surface area contributed by atoms with Crippen LogP contribution in [0.25, 0.3) is 0 Å². The maximum atomic E-state index is 11.6. The lowest BCUT2D eigenvalue weighted by Crippen LogP contribution is -2.44. The summed E-state index contributed by atoms with van der Waals surface area (Å²) in [6.45, 7) is 1.45. The lowest BCUT2D eigenvalue weighted by molar-refractivity contribution is -0.119. The van der Waals surface area contributed by atoms with E-state index in [2.05, 4.69) is 26.8 Å². The monoisotopic (exact) mass is 348 g/mol. The molecule has 1 aromatic carbocycles. The molecule has 0 heterocycles. The summed E-state index contributed by atoms with van der Waals surface area (Å²) in [6, 6.07) is 6.49. The van der Waals surface area contributed by atoms with Crippen LogP contribution < -0.4 is 10.9 Å². The van der Waals surface area contributed by atoms with Gasteiger partial charge in [0, 0.05) is 15.8 Å². The largest absolute Gasteiger partial charge is 0.272 e. The lowest BCUT2D eigenvalue weighted by atomic mass is 10.2. The zero-order chi connectivity index (χ0) is 14.5. The summed E-state index contributed by atoms with van der Waals surface area (Å²) in [7, 11) is -3.41. The Balaban J connectivity index is 2.51. The minimum absolute atomic E-state index is 0.124. The average Bonchev–Trinajstić information content (AvgIpc) is 2.36. The van der Waals surface area contributed by atoms with Gasteiger partial charge in [-0.2, -0.15) is 0 Å². The van der Waals surface area contributed by atoms with Gasteiger partial charge in [0.15, 0.2) is 9.84 Å². The number of carbonyl (C=O) groups is 2. The van der Waals surface area contributed by atoms with Crippen LogP contribution >= 0.6 is 15.9 Å². The number of hydrazine groups is 1. The SMILES string of the molecule is CCS(=O)(=O)CC(=O)NNC(=O)c1ccc(Br)cc1. The number of sulfone groups is 1. The molecule has 2 N–H and O–H groups in total. The zero-order valence-electron chi connectivity index (χ0n) is 10.1. The van der Waals surface area contributed by atoms with Crippen molar-refractivity contribution in [3.63, 3.8) is 0 Å². The van der Waals surface area contributed by atoms with E-state index in [1.807, 2.05) is 0 Å². The van der Waals surface area contributed by atoms with Crippen molar-refractivity contribution in [2.45, 2.75) is 6.92 Å². The second-order valence-electron chi connectivity index (χ2n) is 3.69. The van der Waals surface area contributed by atoms with E-state index in [0.29, 0.717) is 5.56 Å². The molecule has 0 bridgehead atoms. The van der Waals surface area contributed by atoms with Crippen LogP contribution in [0.4, 0.5) is 0 Å². The summed E-state index contributed by atoms with van der Waals surface area (Å²) in [6.07, 6.45) is 0. The molecule has 1 aromatic rings. The molecule has 0 fully saturated rings. The molecule has 1 rings (SSSR count). The normalized spacial score (nSPS) is 10.8. The Kier molecular flexibility index (Phi) is 5.49. The number of amides is 2. The van der Waals surface area contributed by atoms with Gasteiger partial charge < -0.3 is 0 Å². The first-order valence-electron chi connectivity index (χ1n) is 5.39. The number of hydrogen-bond acceptors (Lipinski definition) is 4. The second-order valence-corrected chi connectivity index (χ2v) is 6.95. The van der Waals surface area contributed by atoms with Gasteiger partial charge in [0.05, 0.1) is 0 Å². The van der Waals surface area contributed by atoms with E-state index in [1.54, 1.807) is 24.3 Å². The first-order chi connectivity index (χ1) is 8.84. The molecular formula is C11H13BrN2O4S. The quantitative estimate of drug-likeness (QED) is 0.781. The highest BCUT2D eigenvalue weighted by Crippen LogP contribution is 2.09. The van der Waals surface area contributed by atoms with Crippen LogP contribution in [0.1, 0.15) is 17.3 Å². The van der Waals surface area contributed by atoms with Crippen LogP contribution in [0.5, 0.6) is 0 Å². The summed E-state index contributed by atoms with van der Waals surface area (Å²) in [5.74, 6) is -2.06. The first kappa shape index (κ1) is 15.6. The van der Waals surface area contributed by atoms with Gasteiger partial charge in [0.1, 0.15) is 5.75 Å². The minimum Gasteiger partial charge on any atom is -0.272 e. The third kappa shape index (κ3) is 5.39. The Hall–Kier alpha value is -1.41. The van der Waals surface area contributed by atoms with Gasteiger partial charge in [-0.05, 0) is 24.3 Å². The third-order valence-electron chi connectivity index (χ3n) is 2.21. The van der Waals surface area contributed by atoms with Gasteiger partial charge >= 0.3 is 0 Å². The molecule has 0 radical (unpaired) electrons. The number of hydrogen-bond donors (Lipinski definition) is 2. The number of halogens is 1. The smallest absolute Gasteiger partial charge is 0.269 e. The number of benzene rings is 1. The Labute approximate surface area is 119 Å². The van der Waals surface area contributed by atoms with Crippen molar-refractivity contribution in [2.24, 2.45) is 0 Å². The van der Waals surface area contributed by atoms with Crippen molar-refractivity contribution in [1.82, 2.24) is 10.9 Å². The predicted molar refractivity (Wildman–Crippen MR) is 74.1 cm³/mol. The predicted octanol–water partition coefficient (Wildman–Crippen LogP) is 0.645. The molecule has 0 aliphatic heterocycles. The summed E-state index contributed by atoms with van der Waals surface area (Å²) < 4.78 is 23.2. The van der Waals surface area contributed by atoms with Crippen LogP contribution in [-0.2, 0) is 14.6 Å². The topological polar surface area (TPSA) is 92.3 Å². The number of rotatable bonds is 4. The molecule has 0 unspecified atom stereocenters. The van der Waals surface area contributed by atoms with Gasteiger partial charge in [-0.1, -0.05) is 22.9 Å². The molecule has 6 nitrogen and oxygen atoms in total. The van der Waals surface area contributed by atoms with E-state index in [9.17, 15) is 18.0 Å². The van der Waals surface area contributed by atoms with E-state index in [4.69, 9.17) is 0 Å². The Morgan fingerprint density at radius 2 is 1.74 bits per heavy atom. The summed E-state index contributed by atoms with van der Waals surface area (Å²) in [4.78, 5) is 22.9. The molecule has 104 valence electrons. The minimum atomic E-state index is -3.41. The molecule has 0 aromatic heterocycles. The zero-order valence-corrected chi connectivity index (χ0v) is 12.5.